The monoisotopic (exact) mass is 146 g/mol. The molecule has 10 heavy (non-hydrogen) atoms. The van der Waals surface area contributed by atoms with Crippen molar-refractivity contribution in [2.75, 3.05) is 6.61 Å². The average molecular weight is 146 g/mol. The maximum absolute atomic E-state index is 10.4. The zero-order chi connectivity index (χ0) is 7.72. The second kappa shape index (κ2) is 2.18. The lowest BCUT2D eigenvalue weighted by atomic mass is 10.3. The fraction of sp³-hybridized carbons (Fsp3) is 0.400. The Morgan fingerprint density at radius 1 is 1.50 bits per heavy atom. The summed E-state index contributed by atoms with van der Waals surface area (Å²) in [5.74, 6) is -2.43. The van der Waals surface area contributed by atoms with Gasteiger partial charge in [-0.25, -0.2) is 4.79 Å². The standard InChI is InChI=1S/C5H6O5/c6-1-2-3(7)4(8)5(9)10-2/h2,6-8H,1H2. The first-order valence-corrected chi connectivity index (χ1v) is 2.60. The van der Waals surface area contributed by atoms with E-state index in [1.165, 1.54) is 0 Å². The molecule has 1 rings (SSSR count). The average Bonchev–Trinajstić information content (AvgIpc) is 2.17. The number of aliphatic hydroxyl groups is 3. The Morgan fingerprint density at radius 3 is 2.30 bits per heavy atom. The van der Waals surface area contributed by atoms with Crippen LogP contribution in [0, 0.1) is 0 Å². The molecule has 0 aromatic heterocycles. The smallest absolute Gasteiger partial charge is 0.377 e. The second-order valence-electron chi connectivity index (χ2n) is 1.81. The Hall–Kier alpha value is -1.23. The predicted octanol–water partition coefficient (Wildman–Crippen LogP) is -0.768. The topological polar surface area (TPSA) is 87.0 Å². The Kier molecular flexibility index (Phi) is 1.50. The highest BCUT2D eigenvalue weighted by atomic mass is 16.6. The molecule has 1 unspecified atom stereocenters. The van der Waals surface area contributed by atoms with Crippen molar-refractivity contribution in [2.45, 2.75) is 6.10 Å². The van der Waals surface area contributed by atoms with E-state index in [4.69, 9.17) is 15.3 Å². The van der Waals surface area contributed by atoms with E-state index in [-0.39, 0.29) is 0 Å². The number of rotatable bonds is 1. The molecule has 0 spiro atoms. The molecule has 3 N–H and O–H groups in total. The number of carbonyl (C=O) groups is 1. The first kappa shape index (κ1) is 6.88. The SMILES string of the molecule is O=C1OC(CO)C(O)=C1O. The Labute approximate surface area is 56.2 Å². The maximum Gasteiger partial charge on any atom is 0.377 e. The molecule has 0 bridgehead atoms. The van der Waals surface area contributed by atoms with Gasteiger partial charge in [-0.1, -0.05) is 0 Å². The van der Waals surface area contributed by atoms with Gasteiger partial charge in [-0.2, -0.15) is 0 Å². The van der Waals surface area contributed by atoms with Gasteiger partial charge in [-0.05, 0) is 0 Å². The van der Waals surface area contributed by atoms with Gasteiger partial charge < -0.3 is 20.1 Å². The van der Waals surface area contributed by atoms with Gasteiger partial charge in [0.05, 0.1) is 6.61 Å². The third-order valence-corrected chi connectivity index (χ3v) is 1.16. The number of hydrogen-bond donors (Lipinski definition) is 3. The van der Waals surface area contributed by atoms with E-state index >= 15 is 0 Å². The number of cyclic esters (lactones) is 1. The lowest BCUT2D eigenvalue weighted by molar-refractivity contribution is -0.143. The van der Waals surface area contributed by atoms with Crippen LogP contribution in [-0.2, 0) is 9.53 Å². The Balaban J connectivity index is 2.83. The molecule has 1 atom stereocenters. The fourth-order valence-electron chi connectivity index (χ4n) is 0.622. The second-order valence-corrected chi connectivity index (χ2v) is 1.81. The lowest BCUT2D eigenvalue weighted by Crippen LogP contribution is -2.15. The minimum absolute atomic E-state index is 0.526. The van der Waals surface area contributed by atoms with Gasteiger partial charge >= 0.3 is 5.97 Å². The van der Waals surface area contributed by atoms with Crippen molar-refractivity contribution in [1.82, 2.24) is 0 Å². The van der Waals surface area contributed by atoms with Crippen molar-refractivity contribution in [2.24, 2.45) is 0 Å². The predicted molar refractivity (Wildman–Crippen MR) is 29.2 cm³/mol. The van der Waals surface area contributed by atoms with E-state index in [0.717, 1.165) is 0 Å². The van der Waals surface area contributed by atoms with Crippen LogP contribution in [-0.4, -0.2) is 34.0 Å². The van der Waals surface area contributed by atoms with E-state index in [1.807, 2.05) is 0 Å². The third-order valence-electron chi connectivity index (χ3n) is 1.16. The summed E-state index contributed by atoms with van der Waals surface area (Å²) in [5.41, 5.74) is 0. The van der Waals surface area contributed by atoms with Crippen LogP contribution in [0.15, 0.2) is 11.5 Å². The highest BCUT2D eigenvalue weighted by Crippen LogP contribution is 2.17. The highest BCUT2D eigenvalue weighted by molar-refractivity contribution is 5.88. The lowest BCUT2D eigenvalue weighted by Gasteiger charge is -2.03. The molecule has 0 amide bonds. The van der Waals surface area contributed by atoms with Crippen LogP contribution in [0.3, 0.4) is 0 Å². The number of ether oxygens (including phenoxy) is 1. The minimum Gasteiger partial charge on any atom is -0.505 e. The number of carbonyl (C=O) groups excluding carboxylic acids is 1. The molecule has 0 aliphatic carbocycles. The molecule has 0 aromatic rings. The quantitative estimate of drug-likeness (QED) is 0.423. The molecule has 56 valence electrons. The zero-order valence-corrected chi connectivity index (χ0v) is 4.94. The summed E-state index contributed by atoms with van der Waals surface area (Å²) in [7, 11) is 0. The van der Waals surface area contributed by atoms with Crippen LogP contribution < -0.4 is 0 Å². The first-order chi connectivity index (χ1) is 4.66. The van der Waals surface area contributed by atoms with Crippen molar-refractivity contribution in [1.29, 1.82) is 0 Å². The highest BCUT2D eigenvalue weighted by Gasteiger charge is 2.33. The minimum atomic E-state index is -1.09. The molecule has 0 radical (unpaired) electrons. The zero-order valence-electron chi connectivity index (χ0n) is 4.94. The molecule has 0 saturated carbocycles. The Bertz CT molecular complexity index is 194. The maximum atomic E-state index is 10.4. The van der Waals surface area contributed by atoms with E-state index < -0.39 is 30.2 Å². The van der Waals surface area contributed by atoms with Crippen LogP contribution >= 0.6 is 0 Å². The molecule has 0 saturated heterocycles. The van der Waals surface area contributed by atoms with Crippen LogP contribution in [0.2, 0.25) is 0 Å². The molecular weight excluding hydrogens is 140 g/mol. The van der Waals surface area contributed by atoms with Gasteiger partial charge in [0.25, 0.3) is 0 Å². The van der Waals surface area contributed by atoms with Crippen molar-refractivity contribution in [3.8, 4) is 0 Å². The molecular formula is C5H6O5. The normalized spacial score (nSPS) is 25.3. The summed E-state index contributed by atoms with van der Waals surface area (Å²) in [5, 5.41) is 25.8. The van der Waals surface area contributed by atoms with E-state index in [0.29, 0.717) is 0 Å². The molecule has 0 fully saturated rings. The van der Waals surface area contributed by atoms with Gasteiger partial charge in [0, 0.05) is 0 Å². The van der Waals surface area contributed by atoms with Gasteiger partial charge in [-0.15, -0.1) is 0 Å². The van der Waals surface area contributed by atoms with Crippen LogP contribution in [0.5, 0.6) is 0 Å². The summed E-state index contributed by atoms with van der Waals surface area (Å²) in [6, 6.07) is 0. The summed E-state index contributed by atoms with van der Waals surface area (Å²) in [6.45, 7) is -0.526. The van der Waals surface area contributed by atoms with Gasteiger partial charge in [0.1, 0.15) is 0 Å². The van der Waals surface area contributed by atoms with E-state index in [9.17, 15) is 4.79 Å². The number of esters is 1. The van der Waals surface area contributed by atoms with Gasteiger partial charge in [0.2, 0.25) is 5.76 Å². The molecule has 5 heteroatoms. The third kappa shape index (κ3) is 0.801. The molecule has 1 aliphatic rings. The van der Waals surface area contributed by atoms with Crippen molar-refractivity contribution in [3.63, 3.8) is 0 Å². The molecule has 5 nitrogen and oxygen atoms in total. The van der Waals surface area contributed by atoms with Crippen LogP contribution in [0.4, 0.5) is 0 Å². The van der Waals surface area contributed by atoms with E-state index in [2.05, 4.69) is 4.74 Å². The summed E-state index contributed by atoms with van der Waals surface area (Å²) in [6.07, 6.45) is -1.09. The van der Waals surface area contributed by atoms with Gasteiger partial charge in [-0.3, -0.25) is 0 Å². The summed E-state index contributed by atoms with van der Waals surface area (Å²) >= 11 is 0. The van der Waals surface area contributed by atoms with Crippen molar-refractivity contribution >= 4 is 5.97 Å². The fourth-order valence-corrected chi connectivity index (χ4v) is 0.622. The van der Waals surface area contributed by atoms with Crippen LogP contribution in [0.25, 0.3) is 0 Å². The summed E-state index contributed by atoms with van der Waals surface area (Å²) in [4.78, 5) is 10.4. The van der Waals surface area contributed by atoms with Crippen molar-refractivity contribution < 1.29 is 24.9 Å². The Morgan fingerprint density at radius 2 is 2.10 bits per heavy atom. The summed E-state index contributed by atoms with van der Waals surface area (Å²) < 4.78 is 4.27. The largest absolute Gasteiger partial charge is 0.505 e. The van der Waals surface area contributed by atoms with E-state index in [1.54, 1.807) is 0 Å². The molecule has 1 aliphatic heterocycles. The van der Waals surface area contributed by atoms with Crippen molar-refractivity contribution in [3.05, 3.63) is 11.5 Å². The number of hydrogen-bond acceptors (Lipinski definition) is 5. The molecule has 1 heterocycles. The first-order valence-electron chi connectivity index (χ1n) is 2.60. The van der Waals surface area contributed by atoms with Crippen LogP contribution in [0.1, 0.15) is 0 Å². The molecule has 0 aromatic carbocycles. The number of aliphatic hydroxyl groups excluding tert-OH is 3. The van der Waals surface area contributed by atoms with Gasteiger partial charge in [0.15, 0.2) is 11.9 Å².